The fourth-order valence-electron chi connectivity index (χ4n) is 3.55. The first kappa shape index (κ1) is 18.1. The Kier molecular flexibility index (Phi) is 4.78. The maximum absolute atomic E-state index is 13.1. The summed E-state index contributed by atoms with van der Waals surface area (Å²) in [6.45, 7) is 5.09. The van der Waals surface area contributed by atoms with Crippen LogP contribution in [-0.2, 0) is 10.3 Å². The Bertz CT molecular complexity index is 802. The lowest BCUT2D eigenvalue weighted by Crippen LogP contribution is -2.46. The van der Waals surface area contributed by atoms with Crippen LogP contribution in [0.3, 0.4) is 0 Å². The van der Waals surface area contributed by atoms with Gasteiger partial charge in [-0.2, -0.15) is 5.10 Å². The van der Waals surface area contributed by atoms with Crippen molar-refractivity contribution in [2.75, 3.05) is 19.6 Å². The Morgan fingerprint density at radius 2 is 2.04 bits per heavy atom. The highest BCUT2D eigenvalue weighted by molar-refractivity contribution is 5.84. The van der Waals surface area contributed by atoms with Crippen LogP contribution in [0.1, 0.15) is 25.3 Å². The quantitative estimate of drug-likeness (QED) is 0.648. The maximum Gasteiger partial charge on any atom is 0.307 e. The lowest BCUT2D eigenvalue weighted by molar-refractivity contribution is -0.385. The Morgan fingerprint density at radius 1 is 1.35 bits per heavy atom. The van der Waals surface area contributed by atoms with Crippen molar-refractivity contribution in [2.24, 2.45) is 11.7 Å². The summed E-state index contributed by atoms with van der Waals surface area (Å²) in [6, 6.07) is 10.1. The second-order valence-corrected chi connectivity index (χ2v) is 7.18. The molecule has 3 rings (SSSR count). The molecule has 1 saturated heterocycles. The Balaban J connectivity index is 1.81. The van der Waals surface area contributed by atoms with Crippen molar-refractivity contribution in [3.63, 3.8) is 0 Å². The molecule has 1 fully saturated rings. The SMILES string of the molecule is CC(C)(C(=O)N1C[C@@H](CN)[C@H](c2ccccc2)C1)n1cc([N+](=O)[O-])cn1. The Labute approximate surface area is 151 Å². The zero-order valence-electron chi connectivity index (χ0n) is 14.9. The number of nitrogens with zero attached hydrogens (tertiary/aromatic N) is 4. The third-order valence-corrected chi connectivity index (χ3v) is 5.13. The highest BCUT2D eigenvalue weighted by Gasteiger charge is 2.42. The van der Waals surface area contributed by atoms with E-state index < -0.39 is 10.5 Å². The van der Waals surface area contributed by atoms with Gasteiger partial charge in [-0.3, -0.25) is 19.6 Å². The molecule has 1 aromatic carbocycles. The van der Waals surface area contributed by atoms with Gasteiger partial charge in [-0.1, -0.05) is 30.3 Å². The van der Waals surface area contributed by atoms with Gasteiger partial charge in [0, 0.05) is 19.0 Å². The van der Waals surface area contributed by atoms with Gasteiger partial charge >= 0.3 is 5.69 Å². The summed E-state index contributed by atoms with van der Waals surface area (Å²) in [6.07, 6.45) is 2.46. The monoisotopic (exact) mass is 357 g/mol. The first-order valence-electron chi connectivity index (χ1n) is 8.58. The van der Waals surface area contributed by atoms with Gasteiger partial charge < -0.3 is 10.6 Å². The molecule has 2 N–H and O–H groups in total. The smallest absolute Gasteiger partial charge is 0.307 e. The molecule has 2 heterocycles. The van der Waals surface area contributed by atoms with E-state index in [4.69, 9.17) is 5.73 Å². The average Bonchev–Trinajstić information content (AvgIpc) is 3.29. The van der Waals surface area contributed by atoms with Crippen LogP contribution >= 0.6 is 0 Å². The van der Waals surface area contributed by atoms with E-state index in [-0.39, 0.29) is 23.4 Å². The minimum absolute atomic E-state index is 0.118. The topological polar surface area (TPSA) is 107 Å². The number of carbonyl (C=O) groups excluding carboxylic acids is 1. The van der Waals surface area contributed by atoms with Gasteiger partial charge in [-0.15, -0.1) is 0 Å². The van der Waals surface area contributed by atoms with Gasteiger partial charge in [0.15, 0.2) is 0 Å². The molecule has 8 nitrogen and oxygen atoms in total. The fourth-order valence-corrected chi connectivity index (χ4v) is 3.55. The number of likely N-dealkylation sites (tertiary alicyclic amines) is 1. The molecule has 1 amide bonds. The molecule has 2 atom stereocenters. The van der Waals surface area contributed by atoms with Crippen molar-refractivity contribution in [3.8, 4) is 0 Å². The zero-order valence-corrected chi connectivity index (χ0v) is 14.9. The first-order valence-corrected chi connectivity index (χ1v) is 8.58. The highest BCUT2D eigenvalue weighted by atomic mass is 16.6. The molecule has 8 heteroatoms. The first-order chi connectivity index (χ1) is 12.3. The van der Waals surface area contributed by atoms with E-state index in [9.17, 15) is 14.9 Å². The van der Waals surface area contributed by atoms with Crippen LogP contribution in [-0.4, -0.2) is 45.1 Å². The lowest BCUT2D eigenvalue weighted by Gasteiger charge is -2.29. The fraction of sp³-hybridized carbons (Fsp3) is 0.444. The number of nitrogens with two attached hydrogens (primary N) is 1. The van der Waals surface area contributed by atoms with E-state index in [1.54, 1.807) is 18.7 Å². The molecular formula is C18H23N5O3. The molecule has 1 aliphatic rings. The van der Waals surface area contributed by atoms with Crippen LogP contribution in [0.15, 0.2) is 42.7 Å². The van der Waals surface area contributed by atoms with Crippen molar-refractivity contribution < 1.29 is 9.72 Å². The standard InChI is InChI=1S/C18H23N5O3/c1-18(2,22-11-15(9-20-22)23(25)26)17(24)21-10-14(8-19)16(12-21)13-6-4-3-5-7-13/h3-7,9,11,14,16H,8,10,12,19H2,1-2H3/t14-,16+/m1/s1. The van der Waals surface area contributed by atoms with E-state index in [1.807, 2.05) is 18.2 Å². The number of hydrogen-bond acceptors (Lipinski definition) is 5. The van der Waals surface area contributed by atoms with Crippen molar-refractivity contribution in [3.05, 3.63) is 58.4 Å². The predicted molar refractivity (Wildman–Crippen MR) is 96.5 cm³/mol. The minimum Gasteiger partial charge on any atom is -0.340 e. The summed E-state index contributed by atoms with van der Waals surface area (Å²) in [5.74, 6) is 0.254. The van der Waals surface area contributed by atoms with Crippen molar-refractivity contribution in [1.82, 2.24) is 14.7 Å². The van der Waals surface area contributed by atoms with Crippen LogP contribution < -0.4 is 5.73 Å². The normalized spacial score (nSPS) is 20.3. The summed E-state index contributed by atoms with van der Waals surface area (Å²) in [5, 5.41) is 14.9. The Morgan fingerprint density at radius 3 is 2.62 bits per heavy atom. The second kappa shape index (κ2) is 6.87. The maximum atomic E-state index is 13.1. The average molecular weight is 357 g/mol. The molecule has 0 saturated carbocycles. The molecule has 0 bridgehead atoms. The van der Waals surface area contributed by atoms with Gasteiger partial charge in [0.1, 0.15) is 17.9 Å². The molecule has 0 aliphatic carbocycles. The number of hydrogen-bond donors (Lipinski definition) is 1. The molecule has 0 radical (unpaired) electrons. The number of carbonyl (C=O) groups is 1. The lowest BCUT2D eigenvalue weighted by atomic mass is 9.89. The van der Waals surface area contributed by atoms with Crippen LogP contribution in [0.4, 0.5) is 5.69 Å². The summed E-state index contributed by atoms with van der Waals surface area (Å²) < 4.78 is 1.36. The Hall–Kier alpha value is -2.74. The van der Waals surface area contributed by atoms with Crippen molar-refractivity contribution >= 4 is 11.6 Å². The van der Waals surface area contributed by atoms with Gasteiger partial charge in [0.2, 0.25) is 5.91 Å². The molecular weight excluding hydrogens is 334 g/mol. The number of nitro groups is 1. The zero-order chi connectivity index (χ0) is 18.9. The predicted octanol–water partition coefficient (Wildman–Crippen LogP) is 1.73. The molecule has 0 spiro atoms. The van der Waals surface area contributed by atoms with Gasteiger partial charge in [0.05, 0.1) is 4.92 Å². The largest absolute Gasteiger partial charge is 0.340 e. The van der Waals surface area contributed by atoms with Gasteiger partial charge in [-0.25, -0.2) is 0 Å². The molecule has 2 aromatic rings. The summed E-state index contributed by atoms with van der Waals surface area (Å²) >= 11 is 0. The van der Waals surface area contributed by atoms with Crippen LogP contribution in [0.25, 0.3) is 0 Å². The molecule has 1 aliphatic heterocycles. The van der Waals surface area contributed by atoms with Gasteiger partial charge in [0.25, 0.3) is 0 Å². The van der Waals surface area contributed by atoms with Crippen molar-refractivity contribution in [1.29, 1.82) is 0 Å². The third kappa shape index (κ3) is 3.20. The summed E-state index contributed by atoms with van der Waals surface area (Å²) in [7, 11) is 0. The number of amides is 1. The molecule has 138 valence electrons. The number of aromatic nitrogens is 2. The summed E-state index contributed by atoms with van der Waals surface area (Å²) in [4.78, 5) is 25.3. The second-order valence-electron chi connectivity index (χ2n) is 7.18. The van der Waals surface area contributed by atoms with E-state index in [0.29, 0.717) is 19.6 Å². The molecule has 0 unspecified atom stereocenters. The van der Waals surface area contributed by atoms with E-state index in [0.717, 1.165) is 6.20 Å². The molecule has 26 heavy (non-hydrogen) atoms. The van der Waals surface area contributed by atoms with E-state index >= 15 is 0 Å². The van der Waals surface area contributed by atoms with Crippen molar-refractivity contribution in [2.45, 2.75) is 25.3 Å². The molecule has 1 aromatic heterocycles. The van der Waals surface area contributed by atoms with E-state index in [2.05, 4.69) is 17.2 Å². The number of benzene rings is 1. The van der Waals surface area contributed by atoms with Crippen LogP contribution in [0.5, 0.6) is 0 Å². The van der Waals surface area contributed by atoms with Crippen LogP contribution in [0, 0.1) is 16.0 Å². The third-order valence-electron chi connectivity index (χ3n) is 5.13. The summed E-state index contributed by atoms with van der Waals surface area (Å²) in [5.41, 5.74) is 5.98. The van der Waals surface area contributed by atoms with E-state index in [1.165, 1.54) is 16.4 Å². The number of rotatable bonds is 5. The van der Waals surface area contributed by atoms with Gasteiger partial charge in [-0.05, 0) is 31.9 Å². The minimum atomic E-state index is -1.01. The van der Waals surface area contributed by atoms with Crippen LogP contribution in [0.2, 0.25) is 0 Å². The highest BCUT2D eigenvalue weighted by Crippen LogP contribution is 2.34.